The van der Waals surface area contributed by atoms with Gasteiger partial charge < -0.3 is 5.73 Å². The number of hydrogen-bond donors (Lipinski definition) is 2. The largest absolute Gasteiger partial charge is 0.398 e. The molecule has 1 heterocycles. The fourth-order valence-electron chi connectivity index (χ4n) is 1.42. The Hall–Kier alpha value is -1.13. The smallest absolute Gasteiger partial charge is 0.281 e. The summed E-state index contributed by atoms with van der Waals surface area (Å²) in [4.78, 5) is 0. The summed E-state index contributed by atoms with van der Waals surface area (Å²) >= 11 is 6.28. The fourth-order valence-corrected chi connectivity index (χ4v) is 3.81. The van der Waals surface area contributed by atoms with E-state index >= 15 is 0 Å². The highest BCUT2D eigenvalue weighted by molar-refractivity contribution is 9.10. The van der Waals surface area contributed by atoms with Crippen LogP contribution < -0.4 is 10.5 Å². The van der Waals surface area contributed by atoms with Gasteiger partial charge in [0.2, 0.25) is 5.03 Å². The highest BCUT2D eigenvalue weighted by Crippen LogP contribution is 2.26. The number of aromatic nitrogens is 3. The molecular formula is C9H9Br2N5O2S. The van der Waals surface area contributed by atoms with Gasteiger partial charge in [-0.15, -0.1) is 5.10 Å². The Kier molecular flexibility index (Phi) is 3.83. The molecule has 0 saturated heterocycles. The molecule has 7 nitrogen and oxygen atoms in total. The minimum absolute atomic E-state index is 0.0611. The fraction of sp³-hybridized carbons (Fsp3) is 0.111. The van der Waals surface area contributed by atoms with Crippen LogP contribution >= 0.6 is 31.9 Å². The maximum atomic E-state index is 12.2. The molecule has 102 valence electrons. The lowest BCUT2D eigenvalue weighted by molar-refractivity contribution is 0.578. The summed E-state index contributed by atoms with van der Waals surface area (Å²) in [5, 5.41) is 7.20. The number of nitrogen functional groups attached to an aromatic ring is 1. The lowest BCUT2D eigenvalue weighted by Crippen LogP contribution is -2.17. The topological polar surface area (TPSA) is 103 Å². The van der Waals surface area contributed by atoms with E-state index in [0.717, 1.165) is 4.68 Å². The second kappa shape index (κ2) is 5.10. The van der Waals surface area contributed by atoms with Crippen molar-refractivity contribution in [3.8, 4) is 0 Å². The summed E-state index contributed by atoms with van der Waals surface area (Å²) in [5.74, 6) is 0. The highest BCUT2D eigenvalue weighted by atomic mass is 79.9. The van der Waals surface area contributed by atoms with E-state index in [9.17, 15) is 8.42 Å². The van der Waals surface area contributed by atoms with E-state index in [1.807, 2.05) is 0 Å². The van der Waals surface area contributed by atoms with E-state index in [4.69, 9.17) is 5.73 Å². The number of sulfonamides is 1. The second-order valence-electron chi connectivity index (χ2n) is 3.65. The summed E-state index contributed by atoms with van der Waals surface area (Å²) in [6, 6.07) is 4.76. The van der Waals surface area contributed by atoms with Crippen molar-refractivity contribution in [2.75, 3.05) is 10.5 Å². The minimum atomic E-state index is -3.79. The quantitative estimate of drug-likeness (QED) is 0.750. The Morgan fingerprint density at radius 2 is 2.05 bits per heavy atom. The molecule has 2 rings (SSSR count). The minimum Gasteiger partial charge on any atom is -0.398 e. The predicted octanol–water partition coefficient (Wildman–Crippen LogP) is 1.72. The molecule has 0 aliphatic heterocycles. The summed E-state index contributed by atoms with van der Waals surface area (Å²) in [6.07, 6.45) is 0. The first kappa shape index (κ1) is 14.3. The van der Waals surface area contributed by atoms with Crippen LogP contribution in [0.4, 0.5) is 11.4 Å². The van der Waals surface area contributed by atoms with Crippen LogP contribution in [0.3, 0.4) is 0 Å². The molecule has 19 heavy (non-hydrogen) atoms. The number of benzene rings is 1. The third-order valence-corrected chi connectivity index (χ3v) is 5.23. The summed E-state index contributed by atoms with van der Waals surface area (Å²) in [7, 11) is -2.30. The maximum absolute atomic E-state index is 12.2. The monoisotopic (exact) mass is 409 g/mol. The number of halogens is 2. The van der Waals surface area contributed by atoms with Crippen LogP contribution in [-0.4, -0.2) is 23.4 Å². The molecule has 0 spiro atoms. The van der Waals surface area contributed by atoms with Crippen LogP contribution in [0.5, 0.6) is 0 Å². The zero-order valence-corrected chi connectivity index (χ0v) is 13.6. The number of anilines is 2. The molecule has 0 unspecified atom stereocenters. The first-order chi connectivity index (χ1) is 8.81. The molecule has 1 aromatic heterocycles. The standard InChI is InChI=1S/C9H9Br2N5O2S/c1-16-9(8(11)13-15-16)19(17,18)14-5-2-3-6(10)7(12)4-5/h2-4,14H,12H2,1H3. The van der Waals surface area contributed by atoms with E-state index in [1.54, 1.807) is 12.1 Å². The number of nitrogens with zero attached hydrogens (tertiary/aromatic N) is 3. The van der Waals surface area contributed by atoms with Crippen LogP contribution in [0.1, 0.15) is 0 Å². The molecule has 0 aliphatic rings. The van der Waals surface area contributed by atoms with Gasteiger partial charge in [-0.3, -0.25) is 4.72 Å². The molecule has 0 aliphatic carbocycles. The first-order valence-electron chi connectivity index (χ1n) is 4.94. The van der Waals surface area contributed by atoms with Gasteiger partial charge in [0.1, 0.15) is 0 Å². The Bertz CT molecular complexity index is 709. The van der Waals surface area contributed by atoms with Crippen molar-refractivity contribution in [2.45, 2.75) is 5.03 Å². The predicted molar refractivity (Wildman–Crippen MR) is 78.1 cm³/mol. The number of hydrogen-bond acceptors (Lipinski definition) is 5. The number of aryl methyl sites for hydroxylation is 1. The van der Waals surface area contributed by atoms with E-state index in [2.05, 4.69) is 46.9 Å². The van der Waals surface area contributed by atoms with Gasteiger partial charge in [-0.2, -0.15) is 8.42 Å². The van der Waals surface area contributed by atoms with Gasteiger partial charge in [-0.05, 0) is 50.1 Å². The van der Waals surface area contributed by atoms with Gasteiger partial charge in [0, 0.05) is 17.2 Å². The number of nitrogens with one attached hydrogen (secondary N) is 1. The molecule has 0 bridgehead atoms. The molecule has 3 N–H and O–H groups in total. The molecule has 10 heteroatoms. The third-order valence-electron chi connectivity index (χ3n) is 2.24. The average molecular weight is 411 g/mol. The van der Waals surface area contributed by atoms with Crippen molar-refractivity contribution in [3.63, 3.8) is 0 Å². The van der Waals surface area contributed by atoms with Crippen LogP contribution in [0.15, 0.2) is 32.3 Å². The van der Waals surface area contributed by atoms with E-state index in [1.165, 1.54) is 13.1 Å². The lowest BCUT2D eigenvalue weighted by atomic mass is 10.3. The molecule has 0 fully saturated rings. The van der Waals surface area contributed by atoms with E-state index in [-0.39, 0.29) is 9.63 Å². The first-order valence-corrected chi connectivity index (χ1v) is 8.01. The zero-order chi connectivity index (χ0) is 14.2. The zero-order valence-electron chi connectivity index (χ0n) is 9.63. The van der Waals surface area contributed by atoms with Crippen molar-refractivity contribution < 1.29 is 8.42 Å². The van der Waals surface area contributed by atoms with Crippen molar-refractivity contribution in [2.24, 2.45) is 7.05 Å². The maximum Gasteiger partial charge on any atom is 0.281 e. The molecule has 2 aromatic rings. The summed E-state index contributed by atoms with van der Waals surface area (Å²) in [6.45, 7) is 0. The Labute approximate surface area is 126 Å². The van der Waals surface area contributed by atoms with Crippen molar-refractivity contribution in [1.29, 1.82) is 0 Å². The van der Waals surface area contributed by atoms with Crippen LogP contribution in [0.25, 0.3) is 0 Å². The molecule has 0 amide bonds. The number of nitrogens with two attached hydrogens (primary N) is 1. The summed E-state index contributed by atoms with van der Waals surface area (Å²) < 4.78 is 28.8. The van der Waals surface area contributed by atoms with Crippen molar-refractivity contribution >= 4 is 53.3 Å². The summed E-state index contributed by atoms with van der Waals surface area (Å²) in [5.41, 5.74) is 6.49. The van der Waals surface area contributed by atoms with Gasteiger partial charge in [-0.25, -0.2) is 4.68 Å². The van der Waals surface area contributed by atoms with Gasteiger partial charge in [0.25, 0.3) is 10.0 Å². The van der Waals surface area contributed by atoms with Crippen molar-refractivity contribution in [1.82, 2.24) is 15.0 Å². The Morgan fingerprint density at radius 1 is 1.37 bits per heavy atom. The van der Waals surface area contributed by atoms with Crippen molar-refractivity contribution in [3.05, 3.63) is 27.3 Å². The molecule has 0 saturated carbocycles. The molecule has 0 radical (unpaired) electrons. The van der Waals surface area contributed by atoms with Gasteiger partial charge in [0.05, 0.1) is 5.69 Å². The van der Waals surface area contributed by atoms with Gasteiger partial charge in [0.15, 0.2) is 4.60 Å². The van der Waals surface area contributed by atoms with Crippen LogP contribution in [-0.2, 0) is 17.1 Å². The van der Waals surface area contributed by atoms with E-state index < -0.39 is 10.0 Å². The average Bonchev–Trinajstić information content (AvgIpc) is 2.64. The van der Waals surface area contributed by atoms with Gasteiger partial charge in [-0.1, -0.05) is 5.21 Å². The number of rotatable bonds is 3. The Balaban J connectivity index is 2.39. The van der Waals surface area contributed by atoms with Crippen LogP contribution in [0, 0.1) is 0 Å². The third kappa shape index (κ3) is 2.90. The SMILES string of the molecule is Cn1nnc(Br)c1S(=O)(=O)Nc1ccc(Br)c(N)c1. The molecular weight excluding hydrogens is 402 g/mol. The lowest BCUT2D eigenvalue weighted by Gasteiger charge is -2.09. The molecule has 1 aromatic carbocycles. The van der Waals surface area contributed by atoms with Gasteiger partial charge >= 0.3 is 0 Å². The second-order valence-corrected chi connectivity index (χ2v) is 6.85. The Morgan fingerprint density at radius 3 is 2.58 bits per heavy atom. The normalized spacial score (nSPS) is 11.5. The van der Waals surface area contributed by atoms with Crippen LogP contribution in [0.2, 0.25) is 0 Å². The van der Waals surface area contributed by atoms with E-state index in [0.29, 0.717) is 15.8 Å². The highest BCUT2D eigenvalue weighted by Gasteiger charge is 2.24. The molecule has 0 atom stereocenters.